The molecule has 0 spiro atoms. The number of nitrogens with zero attached hydrogens (tertiary/aromatic N) is 1. The van der Waals surface area contributed by atoms with Gasteiger partial charge in [-0.05, 0) is 30.7 Å². The topological polar surface area (TPSA) is 49.9 Å². The number of rotatable bonds is 6. The summed E-state index contributed by atoms with van der Waals surface area (Å²) in [5.41, 5.74) is 0.895. The molecule has 1 atom stereocenters. The fraction of sp³-hybridized carbons (Fsp3) is 0.357. The van der Waals surface area contributed by atoms with E-state index in [1.807, 2.05) is 6.92 Å². The number of hydrogen-bond donors (Lipinski definition) is 2. The van der Waals surface area contributed by atoms with Gasteiger partial charge in [0.05, 0.1) is 6.04 Å². The van der Waals surface area contributed by atoms with Crippen molar-refractivity contribution in [3.05, 3.63) is 48.0 Å². The van der Waals surface area contributed by atoms with Crippen LogP contribution in [0.25, 0.3) is 0 Å². The van der Waals surface area contributed by atoms with Crippen molar-refractivity contribution in [2.24, 2.45) is 0 Å². The monoisotopic (exact) mass is 299 g/mol. The third-order valence-corrected chi connectivity index (χ3v) is 2.90. The number of halogens is 3. The summed E-state index contributed by atoms with van der Waals surface area (Å²) in [7, 11) is 0. The number of H-pyrrole nitrogens is 1. The average molecular weight is 299 g/mol. The first-order valence-electron chi connectivity index (χ1n) is 6.55. The Morgan fingerprint density at radius 2 is 2.00 bits per heavy atom. The highest BCUT2D eigenvalue weighted by Crippen LogP contribution is 2.24. The van der Waals surface area contributed by atoms with Gasteiger partial charge in [-0.25, -0.2) is 4.98 Å². The van der Waals surface area contributed by atoms with Gasteiger partial charge in [0, 0.05) is 12.4 Å². The van der Waals surface area contributed by atoms with Crippen molar-refractivity contribution in [2.75, 3.05) is 6.54 Å². The smallest absolute Gasteiger partial charge is 0.406 e. The fourth-order valence-electron chi connectivity index (χ4n) is 2.04. The molecular formula is C14H16F3N3O. The molecule has 2 aromatic rings. The largest absolute Gasteiger partial charge is 0.573 e. The van der Waals surface area contributed by atoms with Crippen LogP contribution in [0.4, 0.5) is 13.2 Å². The van der Waals surface area contributed by atoms with E-state index in [0.717, 1.165) is 17.9 Å². The summed E-state index contributed by atoms with van der Waals surface area (Å²) in [6.45, 7) is 2.75. The van der Waals surface area contributed by atoms with E-state index in [1.54, 1.807) is 24.5 Å². The minimum Gasteiger partial charge on any atom is -0.406 e. The van der Waals surface area contributed by atoms with Crippen molar-refractivity contribution >= 4 is 0 Å². The lowest BCUT2D eigenvalue weighted by Crippen LogP contribution is -2.24. The molecule has 0 bridgehead atoms. The third-order valence-electron chi connectivity index (χ3n) is 2.90. The molecular weight excluding hydrogens is 283 g/mol. The summed E-state index contributed by atoms with van der Waals surface area (Å²) >= 11 is 0. The Labute approximate surface area is 120 Å². The molecule has 0 aliphatic rings. The molecule has 0 fully saturated rings. The van der Waals surface area contributed by atoms with Crippen LogP contribution in [0.1, 0.15) is 24.4 Å². The molecule has 0 saturated carbocycles. The van der Waals surface area contributed by atoms with Crippen LogP contribution < -0.4 is 10.1 Å². The maximum atomic E-state index is 12.1. The molecule has 1 aromatic heterocycles. The minimum absolute atomic E-state index is 0.0145. The zero-order valence-corrected chi connectivity index (χ0v) is 11.4. The summed E-state index contributed by atoms with van der Waals surface area (Å²) in [6, 6.07) is 5.85. The zero-order chi connectivity index (χ0) is 15.3. The highest BCUT2D eigenvalue weighted by Gasteiger charge is 2.30. The number of nitrogens with one attached hydrogen (secondary N) is 2. The third kappa shape index (κ3) is 4.78. The normalized spacial score (nSPS) is 13.1. The van der Waals surface area contributed by atoms with Gasteiger partial charge in [-0.15, -0.1) is 13.2 Å². The summed E-state index contributed by atoms with van der Waals surface area (Å²) < 4.78 is 40.1. The van der Waals surface area contributed by atoms with Crippen molar-refractivity contribution in [3.8, 4) is 5.75 Å². The minimum atomic E-state index is -4.66. The number of imidazole rings is 1. The molecule has 21 heavy (non-hydrogen) atoms. The van der Waals surface area contributed by atoms with Gasteiger partial charge in [0.25, 0.3) is 0 Å². The predicted molar refractivity (Wildman–Crippen MR) is 71.8 cm³/mol. The first-order chi connectivity index (χ1) is 9.98. The molecule has 114 valence electrons. The highest BCUT2D eigenvalue weighted by atomic mass is 19.4. The van der Waals surface area contributed by atoms with Crippen molar-refractivity contribution in [3.63, 3.8) is 0 Å². The zero-order valence-electron chi connectivity index (χ0n) is 11.4. The summed E-state index contributed by atoms with van der Waals surface area (Å²) in [5.74, 6) is 0.580. The van der Waals surface area contributed by atoms with Crippen LogP contribution in [0.2, 0.25) is 0 Å². The van der Waals surface area contributed by atoms with Gasteiger partial charge in [-0.1, -0.05) is 19.1 Å². The Bertz CT molecular complexity index is 538. The van der Waals surface area contributed by atoms with E-state index in [0.29, 0.717) is 6.42 Å². The average Bonchev–Trinajstić information content (AvgIpc) is 2.92. The molecule has 4 nitrogen and oxygen atoms in total. The van der Waals surface area contributed by atoms with E-state index in [4.69, 9.17) is 0 Å². The number of alkyl halides is 3. The number of ether oxygens (including phenoxy) is 1. The molecule has 1 heterocycles. The van der Waals surface area contributed by atoms with E-state index in [9.17, 15) is 13.2 Å². The highest BCUT2D eigenvalue weighted by molar-refractivity contribution is 5.28. The van der Waals surface area contributed by atoms with Crippen LogP contribution in [0.3, 0.4) is 0 Å². The van der Waals surface area contributed by atoms with Crippen LogP contribution >= 0.6 is 0 Å². The number of likely N-dealkylation sites (N-methyl/N-ethyl adjacent to an activating group) is 1. The molecule has 7 heteroatoms. The molecule has 2 N–H and O–H groups in total. The summed E-state index contributed by atoms with van der Waals surface area (Å²) in [6.07, 6.45) is -0.643. The maximum Gasteiger partial charge on any atom is 0.573 e. The van der Waals surface area contributed by atoms with Crippen LogP contribution in [-0.4, -0.2) is 22.9 Å². The van der Waals surface area contributed by atoms with Gasteiger partial charge in [0.15, 0.2) is 0 Å². The number of aromatic nitrogens is 2. The Hall–Kier alpha value is -2.02. The predicted octanol–water partition coefficient (Wildman–Crippen LogP) is 3.20. The molecule has 2 rings (SSSR count). The number of hydrogen-bond acceptors (Lipinski definition) is 3. The Morgan fingerprint density at radius 3 is 2.52 bits per heavy atom. The quantitative estimate of drug-likeness (QED) is 0.861. The lowest BCUT2D eigenvalue weighted by Gasteiger charge is -2.16. The lowest BCUT2D eigenvalue weighted by molar-refractivity contribution is -0.274. The Balaban J connectivity index is 2.04. The van der Waals surface area contributed by atoms with Gasteiger partial charge in [0.2, 0.25) is 0 Å². The molecule has 0 saturated heterocycles. The molecule has 0 radical (unpaired) electrons. The Morgan fingerprint density at radius 1 is 1.29 bits per heavy atom. The van der Waals surface area contributed by atoms with E-state index in [-0.39, 0.29) is 11.8 Å². The molecule has 1 unspecified atom stereocenters. The van der Waals surface area contributed by atoms with E-state index in [2.05, 4.69) is 20.0 Å². The van der Waals surface area contributed by atoms with Gasteiger partial charge < -0.3 is 15.0 Å². The second kappa shape index (κ2) is 6.62. The van der Waals surface area contributed by atoms with Crippen LogP contribution in [0, 0.1) is 0 Å². The molecule has 1 aromatic carbocycles. The fourth-order valence-corrected chi connectivity index (χ4v) is 2.04. The van der Waals surface area contributed by atoms with Crippen molar-refractivity contribution < 1.29 is 17.9 Å². The van der Waals surface area contributed by atoms with Crippen LogP contribution in [0.15, 0.2) is 36.7 Å². The first-order valence-corrected chi connectivity index (χ1v) is 6.55. The molecule has 0 aliphatic carbocycles. The van der Waals surface area contributed by atoms with Crippen LogP contribution in [0.5, 0.6) is 5.75 Å². The summed E-state index contributed by atoms with van der Waals surface area (Å²) in [4.78, 5) is 7.24. The van der Waals surface area contributed by atoms with Crippen LogP contribution in [-0.2, 0) is 6.42 Å². The number of benzene rings is 1. The summed E-state index contributed by atoms with van der Waals surface area (Å²) in [5, 5.41) is 3.28. The van der Waals surface area contributed by atoms with Gasteiger partial charge >= 0.3 is 6.36 Å². The SMILES string of the molecule is CCNC(Cc1ccc(OC(F)(F)F)cc1)c1ncc[nH]1. The maximum absolute atomic E-state index is 12.1. The standard InChI is InChI=1S/C14H16F3N3O/c1-2-18-12(13-19-7-8-20-13)9-10-3-5-11(6-4-10)21-14(15,16)17/h3-8,12,18H,2,9H2,1H3,(H,19,20). The van der Waals surface area contributed by atoms with Gasteiger partial charge in [-0.3, -0.25) is 0 Å². The molecule has 0 amide bonds. The second-order valence-corrected chi connectivity index (χ2v) is 4.48. The van der Waals surface area contributed by atoms with Gasteiger partial charge in [0.1, 0.15) is 11.6 Å². The van der Waals surface area contributed by atoms with E-state index >= 15 is 0 Å². The molecule has 0 aliphatic heterocycles. The second-order valence-electron chi connectivity index (χ2n) is 4.48. The van der Waals surface area contributed by atoms with Crippen molar-refractivity contribution in [2.45, 2.75) is 25.7 Å². The van der Waals surface area contributed by atoms with E-state index in [1.165, 1.54) is 12.1 Å². The number of aromatic amines is 1. The van der Waals surface area contributed by atoms with E-state index < -0.39 is 6.36 Å². The van der Waals surface area contributed by atoms with Crippen molar-refractivity contribution in [1.29, 1.82) is 0 Å². The Kier molecular flexibility index (Phi) is 4.85. The first kappa shape index (κ1) is 15.4. The van der Waals surface area contributed by atoms with Gasteiger partial charge in [-0.2, -0.15) is 0 Å². The lowest BCUT2D eigenvalue weighted by atomic mass is 10.1. The van der Waals surface area contributed by atoms with Crippen molar-refractivity contribution in [1.82, 2.24) is 15.3 Å².